The van der Waals surface area contributed by atoms with E-state index in [1.54, 1.807) is 6.07 Å². The normalized spacial score (nSPS) is 16.8. The number of hydrogen-bond acceptors (Lipinski definition) is 3. The third kappa shape index (κ3) is 4.55. The average molecular weight is 435 g/mol. The van der Waals surface area contributed by atoms with Crippen molar-refractivity contribution >= 4 is 22.9 Å². The van der Waals surface area contributed by atoms with E-state index in [0.29, 0.717) is 23.5 Å². The van der Waals surface area contributed by atoms with Crippen molar-refractivity contribution in [3.8, 4) is 0 Å². The van der Waals surface area contributed by atoms with Crippen LogP contribution in [-0.4, -0.2) is 17.4 Å². The van der Waals surface area contributed by atoms with Gasteiger partial charge in [-0.2, -0.15) is 0 Å². The van der Waals surface area contributed by atoms with Crippen LogP contribution in [0.5, 0.6) is 0 Å². The molecule has 4 heteroatoms. The Morgan fingerprint density at radius 2 is 1.66 bits per heavy atom. The summed E-state index contributed by atoms with van der Waals surface area (Å²) < 4.78 is 19.5. The Morgan fingerprint density at radius 3 is 2.31 bits per heavy atom. The van der Waals surface area contributed by atoms with Crippen molar-refractivity contribution in [2.75, 3.05) is 0 Å². The van der Waals surface area contributed by atoms with Gasteiger partial charge in [0.25, 0.3) is 0 Å². The van der Waals surface area contributed by atoms with E-state index in [0.717, 1.165) is 35.1 Å². The van der Waals surface area contributed by atoms with Gasteiger partial charge < -0.3 is 4.74 Å². The fraction of sp³-hybridized carbons (Fsp3) is 0.429. The fourth-order valence-corrected chi connectivity index (χ4v) is 5.08. The second kappa shape index (κ2) is 8.65. The van der Waals surface area contributed by atoms with Crippen LogP contribution < -0.4 is 0 Å². The Balaban J connectivity index is 1.80. The van der Waals surface area contributed by atoms with Gasteiger partial charge in [0.1, 0.15) is 11.4 Å². The Kier molecular flexibility index (Phi) is 6.07. The number of carbonyl (C=O) groups excluding carboxylic acids is 2. The van der Waals surface area contributed by atoms with Gasteiger partial charge >= 0.3 is 5.97 Å². The molecule has 0 aliphatic heterocycles. The number of benzene rings is 2. The SMILES string of the molecule is CC(=O)c1cc(F)ccc1C1=C(C2CCCCC2)c2ccc(C(=O)OC(C)(C)C)cc2C1. The molecular formula is C28H31FO3. The van der Waals surface area contributed by atoms with Crippen LogP contribution in [0.3, 0.4) is 0 Å². The van der Waals surface area contributed by atoms with Crippen LogP contribution in [0.4, 0.5) is 4.39 Å². The highest BCUT2D eigenvalue weighted by Gasteiger charge is 2.31. The third-order valence-electron chi connectivity index (χ3n) is 6.42. The number of ether oxygens (including phenoxy) is 1. The minimum absolute atomic E-state index is 0.139. The van der Waals surface area contributed by atoms with Crippen LogP contribution in [-0.2, 0) is 11.2 Å². The van der Waals surface area contributed by atoms with Crippen LogP contribution in [0.1, 0.15) is 97.2 Å². The first-order chi connectivity index (χ1) is 15.1. The molecule has 2 aromatic carbocycles. The van der Waals surface area contributed by atoms with Gasteiger partial charge in [-0.1, -0.05) is 31.4 Å². The minimum atomic E-state index is -0.558. The quantitative estimate of drug-likeness (QED) is 0.383. The lowest BCUT2D eigenvalue weighted by atomic mass is 9.79. The number of ketones is 1. The molecule has 0 aromatic heterocycles. The summed E-state index contributed by atoms with van der Waals surface area (Å²) in [7, 11) is 0. The van der Waals surface area contributed by atoms with Crippen molar-refractivity contribution < 1.29 is 18.7 Å². The molecule has 168 valence electrons. The maximum Gasteiger partial charge on any atom is 0.338 e. The maximum atomic E-state index is 14.0. The molecule has 0 saturated heterocycles. The van der Waals surface area contributed by atoms with Crippen molar-refractivity contribution in [1.82, 2.24) is 0 Å². The van der Waals surface area contributed by atoms with E-state index in [1.807, 2.05) is 39.0 Å². The molecule has 0 bridgehead atoms. The molecule has 0 heterocycles. The summed E-state index contributed by atoms with van der Waals surface area (Å²) in [6.45, 7) is 7.06. The highest BCUT2D eigenvalue weighted by Crippen LogP contribution is 2.47. The van der Waals surface area contributed by atoms with Crippen molar-refractivity contribution in [1.29, 1.82) is 0 Å². The molecule has 0 radical (unpaired) electrons. The Labute approximate surface area is 189 Å². The second-order valence-electron chi connectivity index (χ2n) is 10.0. The molecule has 3 nitrogen and oxygen atoms in total. The van der Waals surface area contributed by atoms with E-state index in [9.17, 15) is 14.0 Å². The van der Waals surface area contributed by atoms with Gasteiger partial charge in [0.05, 0.1) is 5.56 Å². The van der Waals surface area contributed by atoms with Gasteiger partial charge in [-0.15, -0.1) is 0 Å². The summed E-state index contributed by atoms with van der Waals surface area (Å²) in [4.78, 5) is 25.0. The van der Waals surface area contributed by atoms with Crippen molar-refractivity contribution in [2.45, 2.75) is 71.8 Å². The second-order valence-corrected chi connectivity index (χ2v) is 10.0. The highest BCUT2D eigenvalue weighted by atomic mass is 19.1. The van der Waals surface area contributed by atoms with Crippen LogP contribution in [0.25, 0.3) is 11.1 Å². The molecule has 2 aliphatic carbocycles. The Hall–Kier alpha value is -2.75. The molecular weight excluding hydrogens is 403 g/mol. The van der Waals surface area contributed by atoms with Crippen molar-refractivity contribution in [2.24, 2.45) is 5.92 Å². The van der Waals surface area contributed by atoms with E-state index in [-0.39, 0.29) is 11.8 Å². The molecule has 0 amide bonds. The molecule has 0 spiro atoms. The standard InChI is InChI=1S/C28H31FO3/c1-17(30)24-16-21(29)11-13-23(24)25-15-20-14-19(27(31)32-28(2,3)4)10-12-22(20)26(25)18-8-6-5-7-9-18/h10-14,16,18H,5-9,15H2,1-4H3. The summed E-state index contributed by atoms with van der Waals surface area (Å²) in [5, 5.41) is 0. The molecule has 32 heavy (non-hydrogen) atoms. The largest absolute Gasteiger partial charge is 0.456 e. The zero-order chi connectivity index (χ0) is 23.0. The molecule has 1 fully saturated rings. The minimum Gasteiger partial charge on any atom is -0.456 e. The van der Waals surface area contributed by atoms with Gasteiger partial charge in [0, 0.05) is 5.56 Å². The van der Waals surface area contributed by atoms with E-state index in [1.165, 1.54) is 43.9 Å². The van der Waals surface area contributed by atoms with E-state index < -0.39 is 11.4 Å². The first-order valence-electron chi connectivity index (χ1n) is 11.5. The summed E-state index contributed by atoms with van der Waals surface area (Å²) in [6.07, 6.45) is 6.49. The van der Waals surface area contributed by atoms with Gasteiger partial charge in [-0.05, 0) is 105 Å². The number of fused-ring (bicyclic) bond motifs is 1. The van der Waals surface area contributed by atoms with Crippen LogP contribution in [0, 0.1) is 11.7 Å². The lowest BCUT2D eigenvalue weighted by molar-refractivity contribution is 0.00693. The molecule has 0 atom stereocenters. The van der Waals surface area contributed by atoms with Crippen molar-refractivity contribution in [3.05, 3.63) is 70.0 Å². The first kappa shape index (κ1) is 22.4. The summed E-state index contributed by atoms with van der Waals surface area (Å²) in [5.74, 6) is -0.460. The predicted octanol–water partition coefficient (Wildman–Crippen LogP) is 7.03. The number of Topliss-reactive ketones (excluding diaryl/α,β-unsaturated/α-hetero) is 1. The number of halogens is 1. The smallest absolute Gasteiger partial charge is 0.338 e. The topological polar surface area (TPSA) is 43.4 Å². The summed E-state index contributed by atoms with van der Waals surface area (Å²) in [5.41, 5.74) is 5.80. The highest BCUT2D eigenvalue weighted by molar-refractivity contribution is 6.06. The number of allylic oxidation sites excluding steroid dienone is 2. The lowest BCUT2D eigenvalue weighted by Gasteiger charge is -2.26. The van der Waals surface area contributed by atoms with Crippen LogP contribution in [0.15, 0.2) is 36.4 Å². The molecule has 1 saturated carbocycles. The van der Waals surface area contributed by atoms with Crippen LogP contribution >= 0.6 is 0 Å². The lowest BCUT2D eigenvalue weighted by Crippen LogP contribution is -2.24. The van der Waals surface area contributed by atoms with E-state index >= 15 is 0 Å². The van der Waals surface area contributed by atoms with Crippen LogP contribution in [0.2, 0.25) is 0 Å². The number of rotatable bonds is 4. The molecule has 2 aromatic rings. The summed E-state index contributed by atoms with van der Waals surface area (Å²) in [6, 6.07) is 10.3. The van der Waals surface area contributed by atoms with E-state index in [4.69, 9.17) is 4.74 Å². The monoisotopic (exact) mass is 434 g/mol. The van der Waals surface area contributed by atoms with Gasteiger partial charge in [-0.25, -0.2) is 9.18 Å². The van der Waals surface area contributed by atoms with Crippen molar-refractivity contribution in [3.63, 3.8) is 0 Å². The third-order valence-corrected chi connectivity index (χ3v) is 6.42. The summed E-state index contributed by atoms with van der Waals surface area (Å²) >= 11 is 0. The zero-order valence-electron chi connectivity index (χ0n) is 19.4. The average Bonchev–Trinajstić information content (AvgIpc) is 3.11. The van der Waals surface area contributed by atoms with Gasteiger partial charge in [0.15, 0.2) is 5.78 Å². The number of esters is 1. The molecule has 0 N–H and O–H groups in total. The maximum absolute atomic E-state index is 14.0. The molecule has 2 aliphatic rings. The number of carbonyl (C=O) groups is 2. The number of hydrogen-bond donors (Lipinski definition) is 0. The van der Waals surface area contributed by atoms with Gasteiger partial charge in [-0.3, -0.25) is 4.79 Å². The molecule has 0 unspecified atom stereocenters. The van der Waals surface area contributed by atoms with E-state index in [2.05, 4.69) is 0 Å². The fourth-order valence-electron chi connectivity index (χ4n) is 5.08. The van der Waals surface area contributed by atoms with Gasteiger partial charge in [0.2, 0.25) is 0 Å². The predicted molar refractivity (Wildman–Crippen MR) is 125 cm³/mol. The first-order valence-corrected chi connectivity index (χ1v) is 11.5. The Bertz CT molecular complexity index is 1100. The zero-order valence-corrected chi connectivity index (χ0v) is 19.4. The Morgan fingerprint density at radius 1 is 0.969 bits per heavy atom. The molecule has 4 rings (SSSR count).